The van der Waals surface area contributed by atoms with Crippen LogP contribution in [0, 0.1) is 23.7 Å². The number of rotatable bonds is 0. The molecular weight excluding hydrogens is 580 g/mol. The molecule has 0 aromatic heterocycles. The number of hydrogen-bond acceptors (Lipinski definition) is 0. The van der Waals surface area contributed by atoms with Crippen molar-refractivity contribution in [3.05, 3.63) is 91.9 Å². The van der Waals surface area contributed by atoms with Gasteiger partial charge in [0.2, 0.25) is 0 Å². The van der Waals surface area contributed by atoms with Gasteiger partial charge in [0, 0.05) is 19.8 Å². The van der Waals surface area contributed by atoms with Crippen LogP contribution in [0.3, 0.4) is 0 Å². The maximum absolute atomic E-state index is 3.79. The van der Waals surface area contributed by atoms with Gasteiger partial charge in [-0.2, -0.15) is 0 Å². The molecule has 0 saturated heterocycles. The second-order valence-electron chi connectivity index (χ2n) is 13.3. The minimum Gasteiger partial charge on any atom is -0.0534 e. The predicted octanol–water partition coefficient (Wildman–Crippen LogP) is 10.4. The first-order valence-electron chi connectivity index (χ1n) is 14.1. The zero-order chi connectivity index (χ0) is 24.8. The van der Waals surface area contributed by atoms with Crippen LogP contribution in [0.25, 0.3) is 33.0 Å². The highest BCUT2D eigenvalue weighted by Crippen LogP contribution is 2.72. The third-order valence-corrected chi connectivity index (χ3v) is 12.3. The summed E-state index contributed by atoms with van der Waals surface area (Å²) in [6.45, 7) is 4.98. The highest BCUT2D eigenvalue weighted by molar-refractivity contribution is 9.10. The van der Waals surface area contributed by atoms with Crippen LogP contribution < -0.4 is 0 Å². The SMILES string of the molecule is CC1(C)c2cc(Br)ccc2-c2ccc3c(c21)C1(c2cc4cc(Br)ccc4cc2-3)C2CC3CC(C2)CC1C3. The molecule has 0 atom stereocenters. The Hall–Kier alpha value is -1.90. The molecule has 4 aromatic carbocycles. The molecule has 1 spiro atoms. The van der Waals surface area contributed by atoms with Crippen LogP contribution in [-0.4, -0.2) is 0 Å². The standard InChI is InChI=1S/C35H30Br2/c1-34(2)30-17-25(37)5-6-26(30)27-7-8-28-29-15-20-3-4-24(36)14-21(20)16-31(29)35(33(28)32(27)34)22-10-18-9-19(12-22)13-23(35)11-18/h3-8,14-19,22-23H,9-13H2,1-2H3. The smallest absolute Gasteiger partial charge is 0.0275 e. The van der Waals surface area contributed by atoms with E-state index in [1.165, 1.54) is 79.6 Å². The van der Waals surface area contributed by atoms with E-state index in [4.69, 9.17) is 0 Å². The normalized spacial score (nSPS) is 31.0. The molecule has 0 unspecified atom stereocenters. The van der Waals surface area contributed by atoms with Gasteiger partial charge in [-0.3, -0.25) is 0 Å². The first-order chi connectivity index (χ1) is 17.9. The maximum Gasteiger partial charge on any atom is 0.0275 e. The fraction of sp³-hybridized carbons (Fsp3) is 0.371. The van der Waals surface area contributed by atoms with E-state index in [1.54, 1.807) is 16.7 Å². The number of fused-ring (bicyclic) bond motifs is 8. The van der Waals surface area contributed by atoms with Crippen molar-refractivity contribution in [1.29, 1.82) is 0 Å². The summed E-state index contributed by atoms with van der Waals surface area (Å²) in [6, 6.07) is 23.9. The second-order valence-corrected chi connectivity index (χ2v) is 15.1. The van der Waals surface area contributed by atoms with Gasteiger partial charge in [-0.15, -0.1) is 0 Å². The van der Waals surface area contributed by atoms with Gasteiger partial charge in [0.25, 0.3) is 0 Å². The van der Waals surface area contributed by atoms with E-state index in [0.717, 1.165) is 23.7 Å². The van der Waals surface area contributed by atoms with Crippen LogP contribution in [-0.2, 0) is 10.8 Å². The molecule has 4 fully saturated rings. The molecule has 0 aliphatic heterocycles. The average Bonchev–Trinajstić information content (AvgIpc) is 3.27. The summed E-state index contributed by atoms with van der Waals surface area (Å²) >= 11 is 7.56. The Labute approximate surface area is 236 Å². The molecule has 4 bridgehead atoms. The van der Waals surface area contributed by atoms with Gasteiger partial charge in [0.05, 0.1) is 0 Å². The zero-order valence-corrected chi connectivity index (χ0v) is 24.5. The van der Waals surface area contributed by atoms with Crippen molar-refractivity contribution < 1.29 is 0 Å². The molecule has 10 rings (SSSR count). The summed E-state index contributed by atoms with van der Waals surface area (Å²) in [5.41, 5.74) is 12.6. The lowest BCUT2D eigenvalue weighted by Crippen LogP contribution is -2.55. The monoisotopic (exact) mass is 608 g/mol. The topological polar surface area (TPSA) is 0 Å². The van der Waals surface area contributed by atoms with Crippen LogP contribution in [0.4, 0.5) is 0 Å². The molecule has 0 nitrogen and oxygen atoms in total. The van der Waals surface area contributed by atoms with E-state index >= 15 is 0 Å². The Morgan fingerprint density at radius 2 is 1.19 bits per heavy atom. The fourth-order valence-corrected chi connectivity index (χ4v) is 11.0. The fourth-order valence-electron chi connectivity index (χ4n) is 10.3. The predicted molar refractivity (Wildman–Crippen MR) is 160 cm³/mol. The molecule has 0 radical (unpaired) electrons. The Bertz CT molecular complexity index is 1660. The minimum absolute atomic E-state index is 0.00799. The lowest BCUT2D eigenvalue weighted by molar-refractivity contribution is -0.0403. The summed E-state index contributed by atoms with van der Waals surface area (Å²) in [6.07, 6.45) is 7.18. The van der Waals surface area contributed by atoms with Crippen molar-refractivity contribution >= 4 is 42.6 Å². The molecular formula is C35H30Br2. The summed E-state index contributed by atoms with van der Waals surface area (Å²) in [7, 11) is 0. The number of hydrogen-bond donors (Lipinski definition) is 0. The lowest BCUT2D eigenvalue weighted by Gasteiger charge is -2.61. The van der Waals surface area contributed by atoms with Crippen molar-refractivity contribution in [2.75, 3.05) is 0 Å². The van der Waals surface area contributed by atoms with Crippen LogP contribution in [0.5, 0.6) is 0 Å². The van der Waals surface area contributed by atoms with Crippen molar-refractivity contribution in [1.82, 2.24) is 0 Å². The molecule has 0 heterocycles. The average molecular weight is 610 g/mol. The third-order valence-electron chi connectivity index (χ3n) is 11.3. The van der Waals surface area contributed by atoms with Gasteiger partial charge in [0.15, 0.2) is 0 Å². The molecule has 184 valence electrons. The van der Waals surface area contributed by atoms with Gasteiger partial charge in [-0.25, -0.2) is 0 Å². The maximum atomic E-state index is 3.79. The van der Waals surface area contributed by atoms with E-state index in [2.05, 4.69) is 106 Å². The summed E-state index contributed by atoms with van der Waals surface area (Å²) in [5.74, 6) is 3.44. The molecule has 4 aromatic rings. The van der Waals surface area contributed by atoms with E-state index in [-0.39, 0.29) is 10.8 Å². The minimum atomic E-state index is -0.00799. The summed E-state index contributed by atoms with van der Waals surface area (Å²) in [4.78, 5) is 0. The summed E-state index contributed by atoms with van der Waals surface area (Å²) in [5, 5.41) is 2.75. The van der Waals surface area contributed by atoms with E-state index in [0.29, 0.717) is 0 Å². The molecule has 0 N–H and O–H groups in total. The number of halogens is 2. The van der Waals surface area contributed by atoms with Crippen LogP contribution in [0.2, 0.25) is 0 Å². The molecule has 0 amide bonds. The molecule has 2 heteroatoms. The molecule has 6 aliphatic rings. The zero-order valence-electron chi connectivity index (χ0n) is 21.4. The van der Waals surface area contributed by atoms with Crippen LogP contribution in [0.15, 0.2) is 69.6 Å². The Morgan fingerprint density at radius 3 is 1.92 bits per heavy atom. The van der Waals surface area contributed by atoms with Gasteiger partial charge in [-0.1, -0.05) is 70.0 Å². The highest BCUT2D eigenvalue weighted by atomic mass is 79.9. The third kappa shape index (κ3) is 2.56. The van der Waals surface area contributed by atoms with E-state index < -0.39 is 0 Å². The quantitative estimate of drug-likeness (QED) is 0.186. The second kappa shape index (κ2) is 6.99. The van der Waals surface area contributed by atoms with Gasteiger partial charge in [0.1, 0.15) is 0 Å². The molecule has 4 saturated carbocycles. The van der Waals surface area contributed by atoms with Crippen molar-refractivity contribution in [2.45, 2.75) is 56.8 Å². The Morgan fingerprint density at radius 1 is 0.568 bits per heavy atom. The van der Waals surface area contributed by atoms with Crippen LogP contribution >= 0.6 is 31.9 Å². The summed E-state index contributed by atoms with van der Waals surface area (Å²) < 4.78 is 2.37. The molecule has 37 heavy (non-hydrogen) atoms. The molecule has 6 aliphatic carbocycles. The van der Waals surface area contributed by atoms with E-state index in [9.17, 15) is 0 Å². The highest BCUT2D eigenvalue weighted by Gasteiger charge is 2.63. The van der Waals surface area contributed by atoms with E-state index in [1.807, 2.05) is 0 Å². The first kappa shape index (κ1) is 22.0. The van der Waals surface area contributed by atoms with Gasteiger partial charge in [-0.05, 0) is 147 Å². The van der Waals surface area contributed by atoms with Gasteiger partial charge < -0.3 is 0 Å². The largest absolute Gasteiger partial charge is 0.0534 e. The first-order valence-corrected chi connectivity index (χ1v) is 15.7. The Kier molecular flexibility index (Phi) is 4.15. The van der Waals surface area contributed by atoms with Crippen molar-refractivity contribution in [3.63, 3.8) is 0 Å². The number of benzene rings is 4. The van der Waals surface area contributed by atoms with Gasteiger partial charge >= 0.3 is 0 Å². The van der Waals surface area contributed by atoms with Crippen molar-refractivity contribution in [3.8, 4) is 22.3 Å². The van der Waals surface area contributed by atoms with Crippen molar-refractivity contribution in [2.24, 2.45) is 23.7 Å². The van der Waals surface area contributed by atoms with Crippen LogP contribution in [0.1, 0.15) is 68.2 Å². The Balaban J connectivity index is 1.42. The lowest BCUT2D eigenvalue weighted by atomic mass is 9.42.